The lowest BCUT2D eigenvalue weighted by atomic mass is 10.1. The Kier molecular flexibility index (Phi) is 6.19. The molecule has 16 heavy (non-hydrogen) atoms. The van der Waals surface area contributed by atoms with Gasteiger partial charge in [0.05, 0.1) is 19.1 Å². The second kappa shape index (κ2) is 6.36. The molecule has 0 heterocycles. The summed E-state index contributed by atoms with van der Waals surface area (Å²) in [5, 5.41) is 27.1. The maximum Gasteiger partial charge on any atom is 0.469 e. The SMILES string of the molecule is O=C([18F])C[C@@H](O)[C@H](O)[C@H](O)COP(=O)(O)O. The Hall–Kier alpha value is -0.410. The van der Waals surface area contributed by atoms with Gasteiger partial charge in [0.2, 0.25) is 0 Å². The molecule has 0 bridgehead atoms. The summed E-state index contributed by atoms with van der Waals surface area (Å²) in [4.78, 5) is 26.4. The van der Waals surface area contributed by atoms with E-state index in [0.29, 0.717) is 0 Å². The number of rotatable bonds is 7. The van der Waals surface area contributed by atoms with Crippen LogP contribution in [0.25, 0.3) is 0 Å². The first-order chi connectivity index (χ1) is 7.13. The number of phosphoric acid groups is 1. The molecule has 0 spiro atoms. The van der Waals surface area contributed by atoms with Crippen LogP contribution in [-0.2, 0) is 13.9 Å². The highest BCUT2D eigenvalue weighted by Crippen LogP contribution is 2.35. The molecule has 0 aromatic heterocycles. The van der Waals surface area contributed by atoms with Gasteiger partial charge in [-0.2, -0.15) is 4.39 Å². The first kappa shape index (κ1) is 15.6. The Balaban J connectivity index is 4.12. The lowest BCUT2D eigenvalue weighted by molar-refractivity contribution is -0.136. The molecule has 0 unspecified atom stereocenters. The third-order valence-electron chi connectivity index (χ3n) is 1.57. The molecule has 0 aromatic carbocycles. The Morgan fingerprint density at radius 3 is 2.12 bits per heavy atom. The van der Waals surface area contributed by atoms with Crippen molar-refractivity contribution < 1.29 is 43.4 Å². The minimum absolute atomic E-state index is 0.969. The molecule has 96 valence electrons. The lowest BCUT2D eigenvalue weighted by Crippen LogP contribution is -2.40. The molecule has 0 saturated carbocycles. The van der Waals surface area contributed by atoms with E-state index >= 15 is 0 Å². The summed E-state index contributed by atoms with van der Waals surface area (Å²) >= 11 is 0. The van der Waals surface area contributed by atoms with Gasteiger partial charge in [-0.25, -0.2) is 4.57 Å². The molecular formula is C6H12FO8P. The summed E-state index contributed by atoms with van der Waals surface area (Å²) in [6.45, 7) is -0.969. The molecule has 5 N–H and O–H groups in total. The van der Waals surface area contributed by atoms with Gasteiger partial charge in [0.1, 0.15) is 12.2 Å². The van der Waals surface area contributed by atoms with E-state index in [2.05, 4.69) is 4.52 Å². The molecule has 10 heteroatoms. The largest absolute Gasteiger partial charge is 0.469 e. The standard InChI is InChI=1S/C6H12FO8P/c7-5(10)1-3(8)6(11)4(9)2-15-16(12,13)14/h3-4,6,8-9,11H,1-2H2,(H2,12,13,14)/t3-,4-,6+/m1/s1/i7-1. The predicted octanol–water partition coefficient (Wildman–Crippen LogP) is -1.94. The average Bonchev–Trinajstić information content (AvgIpc) is 2.10. The molecule has 0 radical (unpaired) electrons. The van der Waals surface area contributed by atoms with Crippen molar-refractivity contribution in [2.24, 2.45) is 0 Å². The van der Waals surface area contributed by atoms with Gasteiger partial charge in [-0.3, -0.25) is 9.32 Å². The second-order valence-corrected chi connectivity index (χ2v) is 4.21. The normalized spacial score (nSPS) is 17.9. The van der Waals surface area contributed by atoms with Crippen LogP contribution in [-0.4, -0.2) is 56.1 Å². The third-order valence-corrected chi connectivity index (χ3v) is 2.06. The predicted molar refractivity (Wildman–Crippen MR) is 46.7 cm³/mol. The Labute approximate surface area is 89.5 Å². The van der Waals surface area contributed by atoms with Crippen LogP contribution in [0.3, 0.4) is 0 Å². The van der Waals surface area contributed by atoms with Crippen molar-refractivity contribution in [3.63, 3.8) is 0 Å². The van der Waals surface area contributed by atoms with Crippen LogP contribution in [0.5, 0.6) is 0 Å². The average molecular weight is 261 g/mol. The number of carbonyl (C=O) groups is 1. The van der Waals surface area contributed by atoms with E-state index in [-0.39, 0.29) is 0 Å². The number of hydrogen-bond donors (Lipinski definition) is 5. The summed E-state index contributed by atoms with van der Waals surface area (Å²) in [5.41, 5.74) is 0. The van der Waals surface area contributed by atoms with Crippen LogP contribution in [0.2, 0.25) is 0 Å². The zero-order valence-corrected chi connectivity index (χ0v) is 8.83. The van der Waals surface area contributed by atoms with E-state index in [1.165, 1.54) is 0 Å². The molecule has 8 nitrogen and oxygen atoms in total. The summed E-state index contributed by atoms with van der Waals surface area (Å²) in [6, 6.07) is -1.89. The van der Waals surface area contributed by atoms with Gasteiger partial charge in [-0.1, -0.05) is 0 Å². The van der Waals surface area contributed by atoms with Crippen LogP contribution in [0, 0.1) is 0 Å². The van der Waals surface area contributed by atoms with Crippen LogP contribution in [0.15, 0.2) is 0 Å². The minimum Gasteiger partial charge on any atom is -0.390 e. The molecule has 0 aliphatic carbocycles. The van der Waals surface area contributed by atoms with Crippen LogP contribution in [0.4, 0.5) is 4.39 Å². The minimum atomic E-state index is -4.81. The van der Waals surface area contributed by atoms with Crippen molar-refractivity contribution in [3.8, 4) is 0 Å². The smallest absolute Gasteiger partial charge is 0.390 e. The first-order valence-electron chi connectivity index (χ1n) is 4.06. The monoisotopic (exact) mass is 261 g/mol. The maximum atomic E-state index is 11.8. The van der Waals surface area contributed by atoms with Gasteiger partial charge in [-0.05, 0) is 0 Å². The van der Waals surface area contributed by atoms with Gasteiger partial charge in [0.25, 0.3) is 0 Å². The number of aliphatic hydroxyl groups is 3. The zero-order valence-electron chi connectivity index (χ0n) is 7.93. The van der Waals surface area contributed by atoms with E-state index in [1.807, 2.05) is 0 Å². The van der Waals surface area contributed by atoms with E-state index in [4.69, 9.17) is 25.1 Å². The number of halogens is 1. The van der Waals surface area contributed by atoms with Crippen molar-refractivity contribution >= 4 is 13.9 Å². The Morgan fingerprint density at radius 2 is 1.75 bits per heavy atom. The van der Waals surface area contributed by atoms with E-state index in [9.17, 15) is 13.8 Å². The highest BCUT2D eigenvalue weighted by molar-refractivity contribution is 7.46. The summed E-state index contributed by atoms with van der Waals surface area (Å²) in [7, 11) is -4.81. The molecule has 0 fully saturated rings. The van der Waals surface area contributed by atoms with Crippen LogP contribution >= 0.6 is 7.82 Å². The molecule has 0 aliphatic rings. The molecule has 0 aromatic rings. The lowest BCUT2D eigenvalue weighted by Gasteiger charge is -2.21. The van der Waals surface area contributed by atoms with Crippen molar-refractivity contribution in [1.82, 2.24) is 0 Å². The van der Waals surface area contributed by atoms with Crippen molar-refractivity contribution in [2.45, 2.75) is 24.7 Å². The molecule has 0 rings (SSSR count). The van der Waals surface area contributed by atoms with E-state index in [1.54, 1.807) is 0 Å². The van der Waals surface area contributed by atoms with E-state index in [0.717, 1.165) is 0 Å². The quantitative estimate of drug-likeness (QED) is 0.263. The number of phosphoric ester groups is 1. The van der Waals surface area contributed by atoms with Crippen LogP contribution < -0.4 is 0 Å². The summed E-state index contributed by atoms with van der Waals surface area (Å²) in [5.74, 6) is 0. The van der Waals surface area contributed by atoms with Crippen molar-refractivity contribution in [3.05, 3.63) is 0 Å². The van der Waals surface area contributed by atoms with Crippen molar-refractivity contribution in [1.29, 1.82) is 0 Å². The van der Waals surface area contributed by atoms with Gasteiger partial charge in [-0.15, -0.1) is 0 Å². The second-order valence-electron chi connectivity index (χ2n) is 2.97. The number of aliphatic hydroxyl groups excluding tert-OH is 3. The topological polar surface area (TPSA) is 145 Å². The van der Waals surface area contributed by atoms with Gasteiger partial charge in [0.15, 0.2) is 0 Å². The highest BCUT2D eigenvalue weighted by atomic mass is 31.2. The fourth-order valence-corrected chi connectivity index (χ4v) is 1.16. The summed E-state index contributed by atoms with van der Waals surface area (Å²) < 4.78 is 25.8. The van der Waals surface area contributed by atoms with Gasteiger partial charge < -0.3 is 25.1 Å². The van der Waals surface area contributed by atoms with Gasteiger partial charge in [0, 0.05) is 0 Å². The highest BCUT2D eigenvalue weighted by Gasteiger charge is 2.28. The van der Waals surface area contributed by atoms with Crippen LogP contribution in [0.1, 0.15) is 6.42 Å². The first-order valence-corrected chi connectivity index (χ1v) is 5.59. The summed E-state index contributed by atoms with van der Waals surface area (Å²) in [6.07, 6.45) is -6.73. The Bertz CT molecular complexity index is 278. The number of carbonyl (C=O) groups excluding carboxylic acids is 1. The van der Waals surface area contributed by atoms with Gasteiger partial charge >= 0.3 is 13.9 Å². The fourth-order valence-electron chi connectivity index (χ4n) is 0.814. The molecule has 0 amide bonds. The van der Waals surface area contributed by atoms with Crippen molar-refractivity contribution in [2.75, 3.05) is 6.61 Å². The zero-order chi connectivity index (χ0) is 12.9. The fraction of sp³-hybridized carbons (Fsp3) is 0.833. The third kappa shape index (κ3) is 6.96. The molecule has 0 aliphatic heterocycles. The molecule has 0 saturated heterocycles. The Morgan fingerprint density at radius 1 is 1.25 bits per heavy atom. The molecular weight excluding hydrogens is 249 g/mol. The maximum absolute atomic E-state index is 11.8. The van der Waals surface area contributed by atoms with E-state index < -0.39 is 45.2 Å². The number of hydrogen-bond acceptors (Lipinski definition) is 6. The molecule has 3 atom stereocenters.